The zero-order chi connectivity index (χ0) is 26.0. The minimum atomic E-state index is -3.63. The van der Waals surface area contributed by atoms with Crippen LogP contribution in [0.15, 0.2) is 89.8 Å². The molecule has 0 amide bonds. The first kappa shape index (κ1) is 25.0. The predicted octanol–water partition coefficient (Wildman–Crippen LogP) is 5.52. The Hall–Kier alpha value is -3.66. The number of nitro groups is 1. The number of fused-ring (bicyclic) bond motifs is 1. The van der Waals surface area contributed by atoms with E-state index in [4.69, 9.17) is 11.6 Å². The second-order valence-corrected chi connectivity index (χ2v) is 11.2. The molecular weight excluding hydrogens is 512 g/mol. The maximum atomic E-state index is 13.3. The van der Waals surface area contributed by atoms with Gasteiger partial charge in [0, 0.05) is 49.5 Å². The SMILES string of the molecule is O=[N+]([O-])c1ccc(N2CCN(S(=O)(=O)c3ccc4ccccc4c3)CC2)cc1NCc1ccc(Cl)cc1. The molecule has 4 aromatic carbocycles. The van der Waals surface area contributed by atoms with Gasteiger partial charge in [0.1, 0.15) is 5.69 Å². The Morgan fingerprint density at radius 3 is 2.27 bits per heavy atom. The van der Waals surface area contributed by atoms with Gasteiger partial charge in [-0.15, -0.1) is 0 Å². The molecule has 190 valence electrons. The van der Waals surface area contributed by atoms with Crippen LogP contribution in [0.1, 0.15) is 5.56 Å². The summed E-state index contributed by atoms with van der Waals surface area (Å²) in [5.74, 6) is 0. The molecule has 4 aromatic rings. The summed E-state index contributed by atoms with van der Waals surface area (Å²) in [7, 11) is -3.63. The highest BCUT2D eigenvalue weighted by Crippen LogP contribution is 2.31. The van der Waals surface area contributed by atoms with Crippen LogP contribution in [0.25, 0.3) is 10.8 Å². The fraction of sp³-hybridized carbons (Fsp3) is 0.185. The molecule has 1 saturated heterocycles. The molecule has 1 heterocycles. The number of nitrogens with zero attached hydrogens (tertiary/aromatic N) is 3. The van der Waals surface area contributed by atoms with Crippen molar-refractivity contribution >= 4 is 49.5 Å². The number of hydrogen-bond donors (Lipinski definition) is 1. The molecule has 5 rings (SSSR count). The van der Waals surface area contributed by atoms with Crippen molar-refractivity contribution in [2.45, 2.75) is 11.4 Å². The van der Waals surface area contributed by atoms with E-state index in [0.29, 0.717) is 43.4 Å². The average molecular weight is 537 g/mol. The van der Waals surface area contributed by atoms with Crippen LogP contribution < -0.4 is 10.2 Å². The maximum absolute atomic E-state index is 13.3. The van der Waals surface area contributed by atoms with Crippen molar-refractivity contribution in [1.29, 1.82) is 0 Å². The Kier molecular flexibility index (Phi) is 7.01. The maximum Gasteiger partial charge on any atom is 0.292 e. The van der Waals surface area contributed by atoms with Gasteiger partial charge in [0.2, 0.25) is 10.0 Å². The number of sulfonamides is 1. The summed E-state index contributed by atoms with van der Waals surface area (Å²) in [5, 5.41) is 17.3. The number of nitrogens with one attached hydrogen (secondary N) is 1. The summed E-state index contributed by atoms with van der Waals surface area (Å²) in [5.41, 5.74) is 2.13. The van der Waals surface area contributed by atoms with Gasteiger partial charge in [-0.2, -0.15) is 4.31 Å². The highest BCUT2D eigenvalue weighted by atomic mass is 35.5. The van der Waals surface area contributed by atoms with E-state index in [9.17, 15) is 18.5 Å². The molecule has 10 heteroatoms. The van der Waals surface area contributed by atoms with E-state index < -0.39 is 14.9 Å². The van der Waals surface area contributed by atoms with Crippen molar-refractivity contribution in [3.05, 3.63) is 106 Å². The van der Waals surface area contributed by atoms with Crippen LogP contribution >= 0.6 is 11.6 Å². The van der Waals surface area contributed by atoms with Crippen molar-refractivity contribution < 1.29 is 13.3 Å². The topological polar surface area (TPSA) is 95.8 Å². The lowest BCUT2D eigenvalue weighted by atomic mass is 10.1. The Labute approximate surface area is 220 Å². The summed E-state index contributed by atoms with van der Waals surface area (Å²) in [6.45, 7) is 1.99. The standard InChI is InChI=1S/C27H25ClN4O4S/c28-23-8-5-20(6-9-23)19-29-26-18-24(10-12-27(26)32(33)34)30-13-15-31(16-14-30)37(35,36)25-11-7-21-3-1-2-4-22(21)17-25/h1-12,17-18,29H,13-16,19H2. The van der Waals surface area contributed by atoms with Gasteiger partial charge < -0.3 is 10.2 Å². The number of nitro benzene ring substituents is 1. The van der Waals surface area contributed by atoms with Crippen molar-refractivity contribution in [2.75, 3.05) is 36.4 Å². The summed E-state index contributed by atoms with van der Waals surface area (Å²) < 4.78 is 28.1. The van der Waals surface area contributed by atoms with Gasteiger partial charge in [-0.05, 0) is 52.7 Å². The largest absolute Gasteiger partial charge is 0.375 e. The first-order chi connectivity index (χ1) is 17.8. The number of benzene rings is 4. The molecule has 0 aliphatic carbocycles. The Morgan fingerprint density at radius 2 is 1.57 bits per heavy atom. The van der Waals surface area contributed by atoms with Crippen LogP contribution in [0.4, 0.5) is 17.1 Å². The molecular formula is C27H25ClN4O4S. The van der Waals surface area contributed by atoms with E-state index >= 15 is 0 Å². The number of hydrogen-bond acceptors (Lipinski definition) is 6. The number of rotatable bonds is 7. The molecule has 0 spiro atoms. The molecule has 0 unspecified atom stereocenters. The number of anilines is 2. The van der Waals surface area contributed by atoms with Gasteiger partial charge in [-0.25, -0.2) is 8.42 Å². The van der Waals surface area contributed by atoms with Crippen LogP contribution in [0.3, 0.4) is 0 Å². The molecule has 0 radical (unpaired) electrons. The lowest BCUT2D eigenvalue weighted by Crippen LogP contribution is -2.48. The molecule has 0 bridgehead atoms. The average Bonchev–Trinajstić information content (AvgIpc) is 2.92. The molecule has 0 atom stereocenters. The normalized spacial score (nSPS) is 14.6. The third kappa shape index (κ3) is 5.39. The Morgan fingerprint density at radius 1 is 0.865 bits per heavy atom. The van der Waals surface area contributed by atoms with Crippen LogP contribution in [0.2, 0.25) is 5.02 Å². The van der Waals surface area contributed by atoms with Gasteiger partial charge in [0.25, 0.3) is 5.69 Å². The summed E-state index contributed by atoms with van der Waals surface area (Å²) in [4.78, 5) is 13.5. The lowest BCUT2D eigenvalue weighted by molar-refractivity contribution is -0.384. The Balaban J connectivity index is 1.30. The quantitative estimate of drug-likeness (QED) is 0.247. The zero-order valence-electron chi connectivity index (χ0n) is 19.9. The summed E-state index contributed by atoms with van der Waals surface area (Å²) in [6.07, 6.45) is 0. The molecule has 0 saturated carbocycles. The first-order valence-electron chi connectivity index (χ1n) is 11.8. The second kappa shape index (κ2) is 10.4. The fourth-order valence-corrected chi connectivity index (χ4v) is 6.07. The van der Waals surface area contributed by atoms with Crippen molar-refractivity contribution in [2.24, 2.45) is 0 Å². The van der Waals surface area contributed by atoms with Crippen molar-refractivity contribution in [1.82, 2.24) is 4.31 Å². The van der Waals surface area contributed by atoms with Gasteiger partial charge in [0.05, 0.1) is 9.82 Å². The van der Waals surface area contributed by atoms with Crippen LogP contribution in [-0.4, -0.2) is 43.8 Å². The second-order valence-electron chi connectivity index (χ2n) is 8.84. The highest BCUT2D eigenvalue weighted by Gasteiger charge is 2.29. The number of halogens is 1. The van der Waals surface area contributed by atoms with Crippen LogP contribution in [0.5, 0.6) is 0 Å². The van der Waals surface area contributed by atoms with Gasteiger partial charge in [-0.3, -0.25) is 10.1 Å². The van der Waals surface area contributed by atoms with Gasteiger partial charge in [0.15, 0.2) is 0 Å². The van der Waals surface area contributed by atoms with Gasteiger partial charge >= 0.3 is 0 Å². The molecule has 1 N–H and O–H groups in total. The molecule has 0 aromatic heterocycles. The van der Waals surface area contributed by atoms with Gasteiger partial charge in [-0.1, -0.05) is 54.1 Å². The monoisotopic (exact) mass is 536 g/mol. The summed E-state index contributed by atoms with van der Waals surface area (Å²) >= 11 is 5.94. The van der Waals surface area contributed by atoms with E-state index in [1.807, 2.05) is 47.4 Å². The Bertz CT molecular complexity index is 1550. The first-order valence-corrected chi connectivity index (χ1v) is 13.6. The highest BCUT2D eigenvalue weighted by molar-refractivity contribution is 7.89. The molecule has 8 nitrogen and oxygen atoms in total. The third-order valence-electron chi connectivity index (χ3n) is 6.54. The van der Waals surface area contributed by atoms with Crippen LogP contribution in [-0.2, 0) is 16.6 Å². The van der Waals surface area contributed by atoms with E-state index in [0.717, 1.165) is 22.0 Å². The minimum absolute atomic E-state index is 0.0183. The molecule has 1 fully saturated rings. The molecule has 37 heavy (non-hydrogen) atoms. The minimum Gasteiger partial charge on any atom is -0.375 e. The van der Waals surface area contributed by atoms with E-state index in [-0.39, 0.29) is 10.6 Å². The van der Waals surface area contributed by atoms with E-state index in [2.05, 4.69) is 5.32 Å². The van der Waals surface area contributed by atoms with Crippen molar-refractivity contribution in [3.63, 3.8) is 0 Å². The lowest BCUT2D eigenvalue weighted by Gasteiger charge is -2.35. The van der Waals surface area contributed by atoms with Crippen molar-refractivity contribution in [3.8, 4) is 0 Å². The fourth-order valence-electron chi connectivity index (χ4n) is 4.48. The zero-order valence-corrected chi connectivity index (χ0v) is 21.5. The summed E-state index contributed by atoms with van der Waals surface area (Å²) in [6, 6.07) is 25.1. The van der Waals surface area contributed by atoms with E-state index in [1.54, 1.807) is 36.4 Å². The predicted molar refractivity (Wildman–Crippen MR) is 147 cm³/mol. The third-order valence-corrected chi connectivity index (χ3v) is 8.68. The van der Waals surface area contributed by atoms with E-state index in [1.165, 1.54) is 10.4 Å². The molecule has 1 aliphatic rings. The number of piperazine rings is 1. The molecule has 1 aliphatic heterocycles. The van der Waals surface area contributed by atoms with Crippen LogP contribution in [0, 0.1) is 10.1 Å². The smallest absolute Gasteiger partial charge is 0.292 e.